The summed E-state index contributed by atoms with van der Waals surface area (Å²) in [6.45, 7) is 1.80. The Morgan fingerprint density at radius 3 is 2.67 bits per heavy atom. The summed E-state index contributed by atoms with van der Waals surface area (Å²) in [7, 11) is 0. The third kappa shape index (κ3) is 3.28. The van der Waals surface area contributed by atoms with Crippen LogP contribution in [0.3, 0.4) is 0 Å². The summed E-state index contributed by atoms with van der Waals surface area (Å²) in [6, 6.07) is -0.0975. The maximum absolute atomic E-state index is 10.9. The van der Waals surface area contributed by atoms with Crippen molar-refractivity contribution in [2.24, 2.45) is 0 Å². The molecule has 1 rings (SSSR count). The fourth-order valence-electron chi connectivity index (χ4n) is 1.22. The van der Waals surface area contributed by atoms with Crippen LogP contribution >= 0.6 is 11.6 Å². The van der Waals surface area contributed by atoms with Crippen LogP contribution in [0.15, 0.2) is 0 Å². The Labute approximate surface area is 76.8 Å². The molecule has 0 unspecified atom stereocenters. The second-order valence-corrected chi connectivity index (χ2v) is 2.92. The molecule has 0 saturated carbocycles. The van der Waals surface area contributed by atoms with Gasteiger partial charge in [0.15, 0.2) is 6.07 Å². The Hall–Kier alpha value is -0.480. The summed E-state index contributed by atoms with van der Waals surface area (Å²) in [4.78, 5) is 10.9. The largest absolute Gasteiger partial charge is 0.432 e. The summed E-state index contributed by atoms with van der Waals surface area (Å²) in [5.41, 5.74) is 2.61. The number of hydrazine groups is 1. The van der Waals surface area contributed by atoms with E-state index in [9.17, 15) is 4.79 Å². The van der Waals surface area contributed by atoms with Crippen molar-refractivity contribution in [1.29, 1.82) is 0 Å². The van der Waals surface area contributed by atoms with E-state index in [4.69, 9.17) is 11.6 Å². The van der Waals surface area contributed by atoms with Gasteiger partial charge in [0, 0.05) is 13.1 Å². The number of carbonyl (C=O) groups is 1. The number of ether oxygens (including phenoxy) is 1. The molecular weight excluding hydrogens is 180 g/mol. The van der Waals surface area contributed by atoms with Crippen molar-refractivity contribution in [2.75, 3.05) is 19.2 Å². The lowest BCUT2D eigenvalue weighted by Crippen LogP contribution is -2.45. The summed E-state index contributed by atoms with van der Waals surface area (Å²) in [6.07, 6.45) is 3.03. The summed E-state index contributed by atoms with van der Waals surface area (Å²) in [5.74, 6) is 0. The van der Waals surface area contributed by atoms with E-state index in [1.54, 1.807) is 0 Å². The molecule has 70 valence electrons. The van der Waals surface area contributed by atoms with Crippen molar-refractivity contribution in [3.05, 3.63) is 0 Å². The van der Waals surface area contributed by atoms with E-state index in [1.807, 2.05) is 5.01 Å². The minimum Gasteiger partial charge on any atom is -0.432 e. The predicted molar refractivity (Wildman–Crippen MR) is 45.8 cm³/mol. The molecule has 1 saturated heterocycles. The van der Waals surface area contributed by atoms with Gasteiger partial charge >= 0.3 is 6.09 Å². The Bertz CT molecular complexity index is 148. The van der Waals surface area contributed by atoms with E-state index in [-0.39, 0.29) is 6.07 Å². The van der Waals surface area contributed by atoms with Gasteiger partial charge in [0.1, 0.15) is 0 Å². The minimum absolute atomic E-state index is 0.0975. The van der Waals surface area contributed by atoms with Crippen LogP contribution in [0.4, 0.5) is 4.79 Å². The maximum atomic E-state index is 10.9. The van der Waals surface area contributed by atoms with Crippen LogP contribution in [0.1, 0.15) is 19.3 Å². The Morgan fingerprint density at radius 1 is 1.42 bits per heavy atom. The van der Waals surface area contributed by atoms with Gasteiger partial charge in [-0.3, -0.25) is 5.43 Å². The van der Waals surface area contributed by atoms with E-state index < -0.39 is 6.09 Å². The third-order valence-electron chi connectivity index (χ3n) is 1.79. The van der Waals surface area contributed by atoms with Crippen LogP contribution in [0.5, 0.6) is 0 Å². The number of nitrogens with one attached hydrogen (secondary N) is 1. The Morgan fingerprint density at radius 2 is 2.08 bits per heavy atom. The molecule has 1 aliphatic rings. The monoisotopic (exact) mass is 192 g/mol. The van der Waals surface area contributed by atoms with E-state index in [0.29, 0.717) is 0 Å². The van der Waals surface area contributed by atoms with Crippen LogP contribution in [-0.4, -0.2) is 30.3 Å². The topological polar surface area (TPSA) is 41.6 Å². The molecule has 12 heavy (non-hydrogen) atoms. The highest BCUT2D eigenvalue weighted by atomic mass is 35.5. The molecule has 0 radical (unpaired) electrons. The first-order valence-corrected chi connectivity index (χ1v) is 4.60. The fourth-order valence-corrected chi connectivity index (χ4v) is 1.32. The average molecular weight is 193 g/mol. The molecule has 1 aliphatic heterocycles. The standard InChI is InChI=1S/C7H13ClN2O2/c8-6-12-7(11)9-10-4-2-1-3-5-10/h1-6H2,(H,9,11). The number of nitrogens with zero attached hydrogens (tertiary/aromatic N) is 1. The van der Waals surface area contributed by atoms with Crippen molar-refractivity contribution in [1.82, 2.24) is 10.4 Å². The van der Waals surface area contributed by atoms with E-state index in [1.165, 1.54) is 6.42 Å². The highest BCUT2D eigenvalue weighted by Gasteiger charge is 2.12. The van der Waals surface area contributed by atoms with Gasteiger partial charge in [-0.05, 0) is 12.8 Å². The molecule has 0 bridgehead atoms. The number of hydrogen-bond acceptors (Lipinski definition) is 3. The highest BCUT2D eigenvalue weighted by molar-refractivity contribution is 6.17. The van der Waals surface area contributed by atoms with Crippen LogP contribution in [0.25, 0.3) is 0 Å². The number of piperidine rings is 1. The molecule has 0 aromatic heterocycles. The number of alkyl halides is 1. The molecule has 0 aliphatic carbocycles. The van der Waals surface area contributed by atoms with Gasteiger partial charge in [-0.1, -0.05) is 18.0 Å². The molecule has 0 atom stereocenters. The zero-order valence-electron chi connectivity index (χ0n) is 6.88. The fraction of sp³-hybridized carbons (Fsp3) is 0.857. The van der Waals surface area contributed by atoms with Crippen molar-refractivity contribution >= 4 is 17.7 Å². The SMILES string of the molecule is O=C(NN1CCCCC1)OCCl. The lowest BCUT2D eigenvalue weighted by molar-refractivity contribution is 0.106. The normalized spacial score (nSPS) is 18.8. The number of carbonyl (C=O) groups excluding carboxylic acids is 1. The lowest BCUT2D eigenvalue weighted by atomic mass is 10.2. The summed E-state index contributed by atoms with van der Waals surface area (Å²) in [5, 5.41) is 1.86. The predicted octanol–water partition coefficient (Wildman–Crippen LogP) is 1.31. The molecule has 1 amide bonds. The van der Waals surface area contributed by atoms with Crippen LogP contribution < -0.4 is 5.43 Å². The molecule has 4 nitrogen and oxygen atoms in total. The first-order chi connectivity index (χ1) is 5.83. The third-order valence-corrected chi connectivity index (χ3v) is 1.90. The van der Waals surface area contributed by atoms with Crippen molar-refractivity contribution in [3.8, 4) is 0 Å². The molecule has 0 spiro atoms. The van der Waals surface area contributed by atoms with Gasteiger partial charge < -0.3 is 4.74 Å². The Balaban J connectivity index is 2.15. The van der Waals surface area contributed by atoms with Gasteiger partial charge in [-0.15, -0.1) is 0 Å². The molecule has 1 heterocycles. The van der Waals surface area contributed by atoms with Crippen LogP contribution in [0, 0.1) is 0 Å². The van der Waals surface area contributed by atoms with Gasteiger partial charge in [0.05, 0.1) is 0 Å². The van der Waals surface area contributed by atoms with E-state index in [0.717, 1.165) is 25.9 Å². The van der Waals surface area contributed by atoms with E-state index in [2.05, 4.69) is 10.2 Å². The second-order valence-electron chi connectivity index (χ2n) is 2.70. The minimum atomic E-state index is -0.466. The van der Waals surface area contributed by atoms with Gasteiger partial charge in [0.2, 0.25) is 0 Å². The summed E-state index contributed by atoms with van der Waals surface area (Å²) >= 11 is 5.21. The van der Waals surface area contributed by atoms with Crippen molar-refractivity contribution < 1.29 is 9.53 Å². The first kappa shape index (κ1) is 9.61. The molecule has 1 fully saturated rings. The molecule has 0 aromatic carbocycles. The smallest absolute Gasteiger partial charge is 0.423 e. The van der Waals surface area contributed by atoms with Gasteiger partial charge in [-0.25, -0.2) is 9.80 Å². The average Bonchev–Trinajstić information content (AvgIpc) is 2.06. The molecular formula is C7H13ClN2O2. The first-order valence-electron chi connectivity index (χ1n) is 4.07. The van der Waals surface area contributed by atoms with Crippen LogP contribution in [0.2, 0.25) is 0 Å². The zero-order valence-corrected chi connectivity index (χ0v) is 7.64. The number of amides is 1. The maximum Gasteiger partial charge on any atom is 0.423 e. The number of halogens is 1. The zero-order chi connectivity index (χ0) is 8.81. The molecule has 0 aromatic rings. The van der Waals surface area contributed by atoms with E-state index >= 15 is 0 Å². The Kier molecular flexibility index (Phi) is 4.18. The molecule has 5 heteroatoms. The van der Waals surface area contributed by atoms with Crippen molar-refractivity contribution in [3.63, 3.8) is 0 Å². The molecule has 1 N–H and O–H groups in total. The van der Waals surface area contributed by atoms with Gasteiger partial charge in [0.25, 0.3) is 0 Å². The number of hydrogen-bond donors (Lipinski definition) is 1. The summed E-state index contributed by atoms with van der Waals surface area (Å²) < 4.78 is 4.52. The van der Waals surface area contributed by atoms with Crippen molar-refractivity contribution in [2.45, 2.75) is 19.3 Å². The number of rotatable bonds is 2. The second kappa shape index (κ2) is 5.22. The lowest BCUT2D eigenvalue weighted by Gasteiger charge is -2.25. The quantitative estimate of drug-likeness (QED) is 0.671. The highest BCUT2D eigenvalue weighted by Crippen LogP contribution is 2.05. The van der Waals surface area contributed by atoms with Gasteiger partial charge in [-0.2, -0.15) is 0 Å². The van der Waals surface area contributed by atoms with Crippen LogP contribution in [-0.2, 0) is 4.74 Å².